The Kier molecular flexibility index (Phi) is 2.35. The van der Waals surface area contributed by atoms with Crippen molar-refractivity contribution in [1.82, 2.24) is 10.2 Å². The number of nitrogen functional groups attached to an aromatic ring is 1. The van der Waals surface area contributed by atoms with E-state index in [1.807, 2.05) is 12.3 Å². The second-order valence-corrected chi connectivity index (χ2v) is 4.53. The Morgan fingerprint density at radius 2 is 2.29 bits per heavy atom. The highest BCUT2D eigenvalue weighted by Crippen LogP contribution is 2.36. The van der Waals surface area contributed by atoms with E-state index in [0.29, 0.717) is 0 Å². The van der Waals surface area contributed by atoms with E-state index >= 15 is 0 Å². The number of nitrogens with one attached hydrogen (secondary N) is 1. The zero-order valence-electron chi connectivity index (χ0n) is 9.41. The van der Waals surface area contributed by atoms with Gasteiger partial charge >= 0.3 is 0 Å². The maximum atomic E-state index is 13.5. The molecule has 0 spiro atoms. The van der Waals surface area contributed by atoms with E-state index in [-0.39, 0.29) is 17.4 Å². The number of aromatic nitrogens is 2. The zero-order valence-corrected chi connectivity index (χ0v) is 9.41. The summed E-state index contributed by atoms with van der Waals surface area (Å²) in [6.07, 6.45) is 5.03. The van der Waals surface area contributed by atoms with Crippen molar-refractivity contribution in [2.75, 3.05) is 5.73 Å². The average molecular weight is 231 g/mol. The minimum atomic E-state index is -0.335. The molecule has 0 radical (unpaired) electrons. The van der Waals surface area contributed by atoms with Crippen molar-refractivity contribution < 1.29 is 4.39 Å². The number of rotatable bonds is 1. The number of nitrogens with zero attached hydrogens (tertiary/aromatic N) is 1. The SMILES string of the molecule is Nc1ccc(C2CCCc3[nH]ncc32)cc1F. The Labute approximate surface area is 98.8 Å². The van der Waals surface area contributed by atoms with E-state index in [1.165, 1.54) is 11.3 Å². The van der Waals surface area contributed by atoms with Gasteiger partial charge in [-0.05, 0) is 37.0 Å². The van der Waals surface area contributed by atoms with Gasteiger partial charge in [0.2, 0.25) is 0 Å². The lowest BCUT2D eigenvalue weighted by Crippen LogP contribution is -2.10. The number of hydrogen-bond donors (Lipinski definition) is 2. The van der Waals surface area contributed by atoms with Crippen LogP contribution >= 0.6 is 0 Å². The highest BCUT2D eigenvalue weighted by atomic mass is 19.1. The summed E-state index contributed by atoms with van der Waals surface area (Å²) in [6, 6.07) is 5.09. The van der Waals surface area contributed by atoms with E-state index < -0.39 is 0 Å². The molecule has 1 aliphatic rings. The molecule has 1 aromatic carbocycles. The number of aromatic amines is 1. The standard InChI is InChI=1S/C13H14FN3/c14-11-6-8(4-5-12(11)15)9-2-1-3-13-10(9)7-16-17-13/h4-7,9H,1-3,15H2,(H,16,17). The van der Waals surface area contributed by atoms with E-state index in [1.54, 1.807) is 12.1 Å². The van der Waals surface area contributed by atoms with Crippen LogP contribution in [0.1, 0.15) is 35.6 Å². The lowest BCUT2D eigenvalue weighted by Gasteiger charge is -2.22. The Hall–Kier alpha value is -1.84. The Morgan fingerprint density at radius 1 is 1.41 bits per heavy atom. The molecule has 1 aromatic heterocycles. The molecule has 1 heterocycles. The zero-order chi connectivity index (χ0) is 11.8. The van der Waals surface area contributed by atoms with Crippen LogP contribution in [0.5, 0.6) is 0 Å². The molecule has 0 saturated heterocycles. The molecule has 88 valence electrons. The second-order valence-electron chi connectivity index (χ2n) is 4.53. The van der Waals surface area contributed by atoms with Gasteiger partial charge in [-0.25, -0.2) is 4.39 Å². The highest BCUT2D eigenvalue weighted by Gasteiger charge is 2.23. The van der Waals surface area contributed by atoms with Gasteiger partial charge < -0.3 is 5.73 Å². The van der Waals surface area contributed by atoms with Crippen LogP contribution in [-0.2, 0) is 6.42 Å². The summed E-state index contributed by atoms with van der Waals surface area (Å²) in [5, 5.41) is 7.09. The van der Waals surface area contributed by atoms with Gasteiger partial charge in [0.25, 0.3) is 0 Å². The van der Waals surface area contributed by atoms with Gasteiger partial charge in [0.15, 0.2) is 0 Å². The number of halogens is 1. The monoisotopic (exact) mass is 231 g/mol. The molecule has 1 atom stereocenters. The first-order valence-electron chi connectivity index (χ1n) is 5.83. The van der Waals surface area contributed by atoms with Crippen LogP contribution in [0.2, 0.25) is 0 Å². The summed E-state index contributed by atoms with van der Waals surface area (Å²) in [7, 11) is 0. The van der Waals surface area contributed by atoms with Crippen LogP contribution in [0, 0.1) is 5.82 Å². The summed E-state index contributed by atoms with van der Waals surface area (Å²) < 4.78 is 13.5. The number of fused-ring (bicyclic) bond motifs is 1. The van der Waals surface area contributed by atoms with E-state index in [4.69, 9.17) is 5.73 Å². The number of H-pyrrole nitrogens is 1. The van der Waals surface area contributed by atoms with Gasteiger partial charge in [0.05, 0.1) is 11.9 Å². The van der Waals surface area contributed by atoms with Crippen LogP contribution < -0.4 is 5.73 Å². The summed E-state index contributed by atoms with van der Waals surface area (Å²) in [5.74, 6) is -0.0919. The highest BCUT2D eigenvalue weighted by molar-refractivity contribution is 5.45. The Balaban J connectivity index is 2.03. The lowest BCUT2D eigenvalue weighted by molar-refractivity contribution is 0.596. The molecule has 3 nitrogen and oxygen atoms in total. The van der Waals surface area contributed by atoms with Crippen molar-refractivity contribution in [2.24, 2.45) is 0 Å². The van der Waals surface area contributed by atoms with Crippen molar-refractivity contribution in [1.29, 1.82) is 0 Å². The molecular weight excluding hydrogens is 217 g/mol. The summed E-state index contributed by atoms with van der Waals surface area (Å²) in [6.45, 7) is 0. The summed E-state index contributed by atoms with van der Waals surface area (Å²) >= 11 is 0. The third-order valence-corrected chi connectivity index (χ3v) is 3.47. The summed E-state index contributed by atoms with van der Waals surface area (Å²) in [5.41, 5.74) is 9.06. The first kappa shape index (κ1) is 10.3. The van der Waals surface area contributed by atoms with Crippen molar-refractivity contribution >= 4 is 5.69 Å². The molecule has 0 amide bonds. The fourth-order valence-corrected chi connectivity index (χ4v) is 2.57. The fourth-order valence-electron chi connectivity index (χ4n) is 2.57. The van der Waals surface area contributed by atoms with Crippen molar-refractivity contribution in [2.45, 2.75) is 25.2 Å². The van der Waals surface area contributed by atoms with Crippen LogP contribution in [0.3, 0.4) is 0 Å². The molecule has 17 heavy (non-hydrogen) atoms. The third kappa shape index (κ3) is 1.69. The van der Waals surface area contributed by atoms with Crippen LogP contribution in [0.4, 0.5) is 10.1 Å². The van der Waals surface area contributed by atoms with Gasteiger partial charge in [-0.1, -0.05) is 6.07 Å². The molecule has 0 saturated carbocycles. The quantitative estimate of drug-likeness (QED) is 0.741. The van der Waals surface area contributed by atoms with Gasteiger partial charge in [-0.15, -0.1) is 0 Å². The third-order valence-electron chi connectivity index (χ3n) is 3.47. The van der Waals surface area contributed by atoms with Crippen molar-refractivity contribution in [3.05, 3.63) is 47.0 Å². The van der Waals surface area contributed by atoms with Gasteiger partial charge in [-0.2, -0.15) is 5.10 Å². The first-order valence-corrected chi connectivity index (χ1v) is 5.83. The first-order chi connectivity index (χ1) is 8.25. The maximum Gasteiger partial charge on any atom is 0.146 e. The maximum absolute atomic E-state index is 13.5. The molecule has 1 aliphatic carbocycles. The predicted octanol–water partition coefficient (Wildman–Crippen LogP) is 2.60. The number of anilines is 1. The number of benzene rings is 1. The Morgan fingerprint density at radius 3 is 3.12 bits per heavy atom. The van der Waals surface area contributed by atoms with Crippen molar-refractivity contribution in [3.63, 3.8) is 0 Å². The minimum Gasteiger partial charge on any atom is -0.396 e. The Bertz CT molecular complexity index is 547. The lowest BCUT2D eigenvalue weighted by atomic mass is 9.82. The molecule has 2 aromatic rings. The second kappa shape index (κ2) is 3.87. The van der Waals surface area contributed by atoms with E-state index in [0.717, 1.165) is 24.8 Å². The molecule has 0 aliphatic heterocycles. The molecule has 3 rings (SSSR count). The molecule has 4 heteroatoms. The number of nitrogens with two attached hydrogens (primary N) is 1. The summed E-state index contributed by atoms with van der Waals surface area (Å²) in [4.78, 5) is 0. The van der Waals surface area contributed by atoms with Gasteiger partial charge in [-0.3, -0.25) is 5.10 Å². The van der Waals surface area contributed by atoms with Crippen LogP contribution in [0.15, 0.2) is 24.4 Å². The van der Waals surface area contributed by atoms with Gasteiger partial charge in [0, 0.05) is 17.2 Å². The molecule has 0 bridgehead atoms. The topological polar surface area (TPSA) is 54.7 Å². The van der Waals surface area contributed by atoms with Gasteiger partial charge in [0.1, 0.15) is 5.82 Å². The normalized spacial score (nSPS) is 19.0. The molecular formula is C13H14FN3. The van der Waals surface area contributed by atoms with Crippen molar-refractivity contribution in [3.8, 4) is 0 Å². The van der Waals surface area contributed by atoms with E-state index in [9.17, 15) is 4.39 Å². The minimum absolute atomic E-state index is 0.206. The average Bonchev–Trinajstić information content (AvgIpc) is 2.80. The fraction of sp³-hybridized carbons (Fsp3) is 0.308. The molecule has 3 N–H and O–H groups in total. The van der Waals surface area contributed by atoms with Crippen LogP contribution in [-0.4, -0.2) is 10.2 Å². The number of aryl methyl sites for hydroxylation is 1. The smallest absolute Gasteiger partial charge is 0.146 e. The number of hydrogen-bond acceptors (Lipinski definition) is 2. The largest absolute Gasteiger partial charge is 0.396 e. The predicted molar refractivity (Wildman–Crippen MR) is 64.2 cm³/mol. The molecule has 1 unspecified atom stereocenters. The van der Waals surface area contributed by atoms with Crippen LogP contribution in [0.25, 0.3) is 0 Å². The molecule has 0 fully saturated rings. The van der Waals surface area contributed by atoms with E-state index in [2.05, 4.69) is 10.2 Å².